The highest BCUT2D eigenvalue weighted by Crippen LogP contribution is 2.41. The second-order valence-corrected chi connectivity index (χ2v) is 7.05. The van der Waals surface area contributed by atoms with Crippen LogP contribution in [0.4, 0.5) is 0 Å². The Morgan fingerprint density at radius 3 is 2.65 bits per heavy atom. The van der Waals surface area contributed by atoms with Crippen molar-refractivity contribution in [3.05, 3.63) is 20.6 Å². The van der Waals surface area contributed by atoms with Crippen molar-refractivity contribution in [1.29, 1.82) is 0 Å². The first-order chi connectivity index (χ1) is 9.60. The average Bonchev–Trinajstić information content (AvgIpc) is 2.66. The highest BCUT2D eigenvalue weighted by atomic mass is 79.9. The lowest BCUT2D eigenvalue weighted by atomic mass is 9.90. The number of aromatic nitrogens is 2. The molecule has 0 aliphatic carbocycles. The zero-order chi connectivity index (χ0) is 14.3. The van der Waals surface area contributed by atoms with Gasteiger partial charge in [0.2, 0.25) is 0 Å². The van der Waals surface area contributed by atoms with Crippen molar-refractivity contribution in [1.82, 2.24) is 14.9 Å². The van der Waals surface area contributed by atoms with E-state index in [1.54, 1.807) is 7.11 Å². The zero-order valence-electron chi connectivity index (χ0n) is 11.9. The molecule has 2 atom stereocenters. The van der Waals surface area contributed by atoms with Gasteiger partial charge in [0.25, 0.3) is 0 Å². The Balaban J connectivity index is 1.89. The Hall–Kier alpha value is -0.300. The van der Waals surface area contributed by atoms with Gasteiger partial charge in [0, 0.05) is 25.1 Å². The predicted molar refractivity (Wildman–Crippen MR) is 84.4 cm³/mol. The molecule has 2 aliphatic rings. The van der Waals surface area contributed by atoms with Crippen molar-refractivity contribution in [2.75, 3.05) is 14.2 Å². The van der Waals surface area contributed by atoms with Crippen LogP contribution >= 0.6 is 28.1 Å². The third-order valence-corrected chi connectivity index (χ3v) is 6.14. The molecular weight excluding hydrogens is 338 g/mol. The summed E-state index contributed by atoms with van der Waals surface area (Å²) in [6.07, 6.45) is 5.00. The largest absolute Gasteiger partial charge is 0.378 e. The summed E-state index contributed by atoms with van der Waals surface area (Å²) in [5.41, 5.74) is 0.994. The second-order valence-electron chi connectivity index (χ2n) is 5.87. The standard InChI is InChI=1S/C14H20BrN3OS/c1-18-9-3-4-10(18)6-8(5-9)13-16-11(7-19-2)12(15)14(20)17-13/h8-10H,3-7H2,1-2H3,(H,16,17,20). The van der Waals surface area contributed by atoms with Crippen LogP contribution in [0.15, 0.2) is 4.47 Å². The van der Waals surface area contributed by atoms with Crippen LogP contribution < -0.4 is 0 Å². The molecule has 1 N–H and O–H groups in total. The van der Waals surface area contributed by atoms with Gasteiger partial charge in [-0.1, -0.05) is 12.2 Å². The Bertz CT molecular complexity index is 548. The normalized spacial score (nSPS) is 29.9. The van der Waals surface area contributed by atoms with Crippen molar-refractivity contribution < 1.29 is 4.74 Å². The molecule has 110 valence electrons. The van der Waals surface area contributed by atoms with Gasteiger partial charge in [0.1, 0.15) is 10.5 Å². The molecule has 2 bridgehead atoms. The number of hydrogen-bond donors (Lipinski definition) is 1. The Morgan fingerprint density at radius 1 is 1.40 bits per heavy atom. The van der Waals surface area contributed by atoms with Crippen LogP contribution in [0.25, 0.3) is 0 Å². The van der Waals surface area contributed by atoms with Gasteiger partial charge in [0.15, 0.2) is 0 Å². The van der Waals surface area contributed by atoms with Crippen LogP contribution in [-0.4, -0.2) is 41.1 Å². The minimum Gasteiger partial charge on any atom is -0.378 e. The highest BCUT2D eigenvalue weighted by Gasteiger charge is 2.39. The molecule has 6 heteroatoms. The number of fused-ring (bicyclic) bond motifs is 2. The minimum absolute atomic E-state index is 0.495. The highest BCUT2D eigenvalue weighted by molar-refractivity contribution is 9.10. The molecule has 2 saturated heterocycles. The van der Waals surface area contributed by atoms with E-state index < -0.39 is 0 Å². The van der Waals surface area contributed by atoms with Gasteiger partial charge in [0.05, 0.1) is 16.8 Å². The molecule has 0 spiro atoms. The molecule has 0 amide bonds. The van der Waals surface area contributed by atoms with Crippen molar-refractivity contribution in [3.8, 4) is 0 Å². The second kappa shape index (κ2) is 5.83. The van der Waals surface area contributed by atoms with Gasteiger partial charge in [-0.25, -0.2) is 4.98 Å². The SMILES string of the molecule is COCc1[nH]c(C2CC3CCC(C2)N3C)nc(=S)c1Br. The molecule has 2 unspecified atom stereocenters. The molecule has 2 aliphatic heterocycles. The van der Waals surface area contributed by atoms with Crippen LogP contribution in [0.3, 0.4) is 0 Å². The summed E-state index contributed by atoms with van der Waals surface area (Å²) >= 11 is 8.86. The summed E-state index contributed by atoms with van der Waals surface area (Å²) in [5.74, 6) is 1.53. The number of piperidine rings is 1. The summed E-state index contributed by atoms with van der Waals surface area (Å²) in [4.78, 5) is 10.6. The van der Waals surface area contributed by atoms with Gasteiger partial charge in [-0.15, -0.1) is 0 Å². The molecular formula is C14H20BrN3OS. The van der Waals surface area contributed by atoms with Crippen LogP contribution in [0, 0.1) is 4.64 Å². The molecule has 0 saturated carbocycles. The predicted octanol–water partition coefficient (Wildman–Crippen LogP) is 3.39. The maximum Gasteiger partial charge on any atom is 0.144 e. The Kier molecular flexibility index (Phi) is 4.26. The quantitative estimate of drug-likeness (QED) is 0.841. The van der Waals surface area contributed by atoms with Gasteiger partial charge in [-0.2, -0.15) is 0 Å². The molecule has 3 heterocycles. The number of ether oxygens (including phenoxy) is 1. The third kappa shape index (κ3) is 2.58. The average molecular weight is 358 g/mol. The topological polar surface area (TPSA) is 41.1 Å². The number of hydrogen-bond acceptors (Lipinski definition) is 4. The molecule has 0 aromatic carbocycles. The van der Waals surface area contributed by atoms with Crippen LogP contribution in [0.2, 0.25) is 0 Å². The van der Waals surface area contributed by atoms with E-state index in [4.69, 9.17) is 17.0 Å². The van der Waals surface area contributed by atoms with Crippen molar-refractivity contribution in [3.63, 3.8) is 0 Å². The molecule has 20 heavy (non-hydrogen) atoms. The third-order valence-electron chi connectivity index (χ3n) is 4.73. The summed E-state index contributed by atoms with van der Waals surface area (Å²) in [6, 6.07) is 1.41. The van der Waals surface area contributed by atoms with E-state index in [-0.39, 0.29) is 0 Å². The number of nitrogens with one attached hydrogen (secondary N) is 1. The van der Waals surface area contributed by atoms with Gasteiger partial charge < -0.3 is 14.6 Å². The van der Waals surface area contributed by atoms with Crippen molar-refractivity contribution in [2.24, 2.45) is 0 Å². The smallest absolute Gasteiger partial charge is 0.144 e. The van der Waals surface area contributed by atoms with E-state index in [9.17, 15) is 0 Å². The summed E-state index contributed by atoms with van der Waals surface area (Å²) in [7, 11) is 3.95. The number of halogens is 1. The molecule has 0 radical (unpaired) electrons. The minimum atomic E-state index is 0.495. The van der Waals surface area contributed by atoms with E-state index in [0.29, 0.717) is 29.2 Å². The fourth-order valence-corrected chi connectivity index (χ4v) is 4.12. The zero-order valence-corrected chi connectivity index (χ0v) is 14.3. The van der Waals surface area contributed by atoms with Crippen LogP contribution in [0.5, 0.6) is 0 Å². The van der Waals surface area contributed by atoms with E-state index in [1.165, 1.54) is 25.7 Å². The van der Waals surface area contributed by atoms with E-state index in [0.717, 1.165) is 16.0 Å². The lowest BCUT2D eigenvalue weighted by Crippen LogP contribution is -2.39. The van der Waals surface area contributed by atoms with Crippen molar-refractivity contribution in [2.45, 2.75) is 50.3 Å². The molecule has 3 rings (SSSR count). The summed E-state index contributed by atoms with van der Waals surface area (Å²) in [6.45, 7) is 0.527. The van der Waals surface area contributed by atoms with Gasteiger partial charge >= 0.3 is 0 Å². The molecule has 1 aromatic rings. The molecule has 2 fully saturated rings. The number of rotatable bonds is 3. The summed E-state index contributed by atoms with van der Waals surface area (Å²) in [5, 5.41) is 0. The molecule has 4 nitrogen and oxygen atoms in total. The van der Waals surface area contributed by atoms with Crippen molar-refractivity contribution >= 4 is 28.1 Å². The number of H-pyrrole nitrogens is 1. The number of methoxy groups -OCH3 is 1. The van der Waals surface area contributed by atoms with Crippen LogP contribution in [0.1, 0.15) is 43.1 Å². The fourth-order valence-electron chi connectivity index (χ4n) is 3.60. The number of nitrogens with zero attached hydrogens (tertiary/aromatic N) is 2. The number of aromatic amines is 1. The lowest BCUT2D eigenvalue weighted by molar-refractivity contribution is 0.157. The van der Waals surface area contributed by atoms with E-state index in [1.807, 2.05) is 0 Å². The first-order valence-electron chi connectivity index (χ1n) is 7.09. The maximum absolute atomic E-state index is 5.37. The molecule has 1 aromatic heterocycles. The first kappa shape index (κ1) is 14.6. The maximum atomic E-state index is 5.37. The monoisotopic (exact) mass is 357 g/mol. The fraction of sp³-hybridized carbons (Fsp3) is 0.714. The first-order valence-corrected chi connectivity index (χ1v) is 8.29. The van der Waals surface area contributed by atoms with E-state index in [2.05, 4.69) is 37.8 Å². The Labute approximate surface area is 133 Å². The van der Waals surface area contributed by atoms with Gasteiger partial charge in [-0.05, 0) is 48.7 Å². The Morgan fingerprint density at radius 2 is 2.05 bits per heavy atom. The summed E-state index contributed by atoms with van der Waals surface area (Å²) < 4.78 is 6.73. The van der Waals surface area contributed by atoms with Gasteiger partial charge in [-0.3, -0.25) is 0 Å². The van der Waals surface area contributed by atoms with Crippen LogP contribution in [-0.2, 0) is 11.3 Å². The lowest BCUT2D eigenvalue weighted by Gasteiger charge is -2.36. The van der Waals surface area contributed by atoms with E-state index >= 15 is 0 Å².